The predicted octanol–water partition coefficient (Wildman–Crippen LogP) is 2.50. The topological polar surface area (TPSA) is 93.1 Å². The van der Waals surface area contributed by atoms with E-state index in [1.54, 1.807) is 6.92 Å². The molecule has 0 fully saturated rings. The highest BCUT2D eigenvalue weighted by Crippen LogP contribution is 2.13. The molecule has 0 amide bonds. The molecule has 2 N–H and O–H groups in total. The van der Waals surface area contributed by atoms with Gasteiger partial charge in [0.1, 0.15) is 24.2 Å². The molecular weight excluding hydrogens is 300 g/mol. The molecule has 0 heterocycles. The van der Waals surface area contributed by atoms with Crippen LogP contribution in [0.2, 0.25) is 0 Å². The van der Waals surface area contributed by atoms with Crippen molar-refractivity contribution >= 4 is 11.9 Å². The van der Waals surface area contributed by atoms with Crippen molar-refractivity contribution < 1.29 is 29.3 Å². The Morgan fingerprint density at radius 3 is 1.78 bits per heavy atom. The Balaban J connectivity index is 1.83. The molecule has 0 aliphatic rings. The summed E-state index contributed by atoms with van der Waals surface area (Å²) < 4.78 is 10.2. The summed E-state index contributed by atoms with van der Waals surface area (Å²) in [5.41, 5.74) is 0.583. The lowest BCUT2D eigenvalue weighted by Crippen LogP contribution is -2.22. The quantitative estimate of drug-likeness (QED) is 0.823. The zero-order valence-electron chi connectivity index (χ0n) is 12.4. The Kier molecular flexibility index (Phi) is 5.19. The molecule has 6 heteroatoms. The van der Waals surface area contributed by atoms with Crippen LogP contribution in [0.15, 0.2) is 48.5 Å². The summed E-state index contributed by atoms with van der Waals surface area (Å²) in [5, 5.41) is 18.3. The molecule has 2 aromatic carbocycles. The van der Waals surface area contributed by atoms with E-state index in [0.29, 0.717) is 11.1 Å². The molecule has 0 aromatic heterocycles. The van der Waals surface area contributed by atoms with Gasteiger partial charge in [-0.1, -0.05) is 0 Å². The van der Waals surface area contributed by atoms with E-state index in [1.807, 2.05) is 0 Å². The Hall–Kier alpha value is -3.02. The van der Waals surface area contributed by atoms with E-state index in [9.17, 15) is 9.59 Å². The molecule has 2 aromatic rings. The van der Waals surface area contributed by atoms with Crippen molar-refractivity contribution in [1.29, 1.82) is 0 Å². The number of benzene rings is 2. The van der Waals surface area contributed by atoms with Crippen molar-refractivity contribution in [3.05, 3.63) is 59.7 Å². The molecule has 0 radical (unpaired) electrons. The second kappa shape index (κ2) is 7.31. The molecule has 0 aliphatic carbocycles. The maximum absolute atomic E-state index is 11.8. The van der Waals surface area contributed by atoms with Crippen LogP contribution in [0.25, 0.3) is 0 Å². The van der Waals surface area contributed by atoms with Crippen LogP contribution in [0, 0.1) is 0 Å². The summed E-state index contributed by atoms with van der Waals surface area (Å²) in [5.74, 6) is -1.04. The van der Waals surface area contributed by atoms with Gasteiger partial charge in [-0.2, -0.15) is 0 Å². The van der Waals surface area contributed by atoms with Crippen LogP contribution in [0.1, 0.15) is 27.6 Å². The fraction of sp³-hybridized carbons (Fsp3) is 0.176. The molecule has 2 rings (SSSR count). The largest absolute Gasteiger partial charge is 0.508 e. The normalized spacial score (nSPS) is 11.5. The summed E-state index contributed by atoms with van der Waals surface area (Å²) >= 11 is 0. The van der Waals surface area contributed by atoms with Crippen molar-refractivity contribution in [3.63, 3.8) is 0 Å². The lowest BCUT2D eigenvalue weighted by Gasteiger charge is -2.13. The van der Waals surface area contributed by atoms with E-state index in [2.05, 4.69) is 0 Å². The van der Waals surface area contributed by atoms with E-state index in [1.165, 1.54) is 48.5 Å². The summed E-state index contributed by atoms with van der Waals surface area (Å²) in [6.07, 6.45) is -0.627. The van der Waals surface area contributed by atoms with Gasteiger partial charge in [0.25, 0.3) is 0 Å². The van der Waals surface area contributed by atoms with Gasteiger partial charge in [0.15, 0.2) is 0 Å². The number of carbonyl (C=O) groups excluding carboxylic acids is 2. The van der Waals surface area contributed by atoms with Gasteiger partial charge in [-0.05, 0) is 55.5 Å². The first kappa shape index (κ1) is 16.4. The molecule has 0 spiro atoms. The maximum Gasteiger partial charge on any atom is 0.338 e. The SMILES string of the molecule is CC(COC(=O)c1ccc(O)cc1)OC(=O)c1ccc(O)cc1. The summed E-state index contributed by atoms with van der Waals surface area (Å²) in [6, 6.07) is 11.3. The number of hydrogen-bond donors (Lipinski definition) is 2. The highest BCUT2D eigenvalue weighted by molar-refractivity contribution is 5.90. The molecule has 23 heavy (non-hydrogen) atoms. The van der Waals surface area contributed by atoms with Crippen LogP contribution in [-0.4, -0.2) is 34.9 Å². The van der Waals surface area contributed by atoms with Gasteiger partial charge in [0.2, 0.25) is 0 Å². The van der Waals surface area contributed by atoms with Crippen LogP contribution >= 0.6 is 0 Å². The monoisotopic (exact) mass is 316 g/mol. The van der Waals surface area contributed by atoms with Gasteiger partial charge < -0.3 is 19.7 Å². The Morgan fingerprint density at radius 2 is 1.30 bits per heavy atom. The fourth-order valence-electron chi connectivity index (χ4n) is 1.76. The first-order chi connectivity index (χ1) is 11.0. The van der Waals surface area contributed by atoms with Crippen molar-refractivity contribution in [2.75, 3.05) is 6.61 Å². The number of hydrogen-bond acceptors (Lipinski definition) is 6. The third kappa shape index (κ3) is 4.74. The third-order valence-corrected chi connectivity index (χ3v) is 2.96. The van der Waals surface area contributed by atoms with E-state index >= 15 is 0 Å². The second-order valence-corrected chi connectivity index (χ2v) is 4.91. The smallest absolute Gasteiger partial charge is 0.338 e. The lowest BCUT2D eigenvalue weighted by molar-refractivity contribution is 0.00447. The molecular formula is C17H16O6. The molecule has 1 atom stereocenters. The van der Waals surface area contributed by atoms with Crippen molar-refractivity contribution in [1.82, 2.24) is 0 Å². The lowest BCUT2D eigenvalue weighted by atomic mass is 10.2. The van der Waals surface area contributed by atoms with Gasteiger partial charge in [0, 0.05) is 0 Å². The maximum atomic E-state index is 11.8. The van der Waals surface area contributed by atoms with Crippen LogP contribution < -0.4 is 0 Å². The van der Waals surface area contributed by atoms with Gasteiger partial charge in [0.05, 0.1) is 11.1 Å². The van der Waals surface area contributed by atoms with Crippen LogP contribution in [0.3, 0.4) is 0 Å². The number of rotatable bonds is 5. The number of ether oxygens (including phenoxy) is 2. The number of phenolic OH excluding ortho intramolecular Hbond substituents is 2. The number of carbonyl (C=O) groups is 2. The average Bonchev–Trinajstić information content (AvgIpc) is 2.54. The minimum Gasteiger partial charge on any atom is -0.508 e. The second-order valence-electron chi connectivity index (χ2n) is 4.91. The van der Waals surface area contributed by atoms with Crippen LogP contribution in [0.4, 0.5) is 0 Å². The highest BCUT2D eigenvalue weighted by Gasteiger charge is 2.15. The first-order valence-electron chi connectivity index (χ1n) is 6.92. The van der Waals surface area contributed by atoms with Crippen molar-refractivity contribution in [2.45, 2.75) is 13.0 Å². The first-order valence-corrected chi connectivity index (χ1v) is 6.92. The van der Waals surface area contributed by atoms with Crippen molar-refractivity contribution in [2.24, 2.45) is 0 Å². The minimum absolute atomic E-state index is 0.0532. The average molecular weight is 316 g/mol. The fourth-order valence-corrected chi connectivity index (χ4v) is 1.76. The summed E-state index contributed by atoms with van der Waals surface area (Å²) in [7, 11) is 0. The number of esters is 2. The van der Waals surface area contributed by atoms with E-state index in [-0.39, 0.29) is 18.1 Å². The Morgan fingerprint density at radius 1 is 0.870 bits per heavy atom. The molecule has 1 unspecified atom stereocenters. The van der Waals surface area contributed by atoms with Gasteiger partial charge in [-0.25, -0.2) is 9.59 Å². The third-order valence-electron chi connectivity index (χ3n) is 2.96. The van der Waals surface area contributed by atoms with E-state index < -0.39 is 18.0 Å². The standard InChI is InChI=1S/C17H16O6/c1-11(23-17(21)13-4-8-15(19)9-5-13)10-22-16(20)12-2-6-14(18)7-3-12/h2-9,11,18-19H,10H2,1H3. The van der Waals surface area contributed by atoms with Crippen LogP contribution in [0.5, 0.6) is 11.5 Å². The zero-order chi connectivity index (χ0) is 16.8. The minimum atomic E-state index is -0.627. The van der Waals surface area contributed by atoms with Gasteiger partial charge in [-0.15, -0.1) is 0 Å². The van der Waals surface area contributed by atoms with Crippen LogP contribution in [-0.2, 0) is 9.47 Å². The molecule has 6 nitrogen and oxygen atoms in total. The van der Waals surface area contributed by atoms with E-state index in [4.69, 9.17) is 19.7 Å². The summed E-state index contributed by atoms with van der Waals surface area (Å²) in [6.45, 7) is 1.51. The molecule has 0 saturated carbocycles. The molecule has 0 saturated heterocycles. The molecule has 0 bridgehead atoms. The predicted molar refractivity (Wildman–Crippen MR) is 81.4 cm³/mol. The molecule has 0 aliphatic heterocycles. The van der Waals surface area contributed by atoms with Gasteiger partial charge in [-0.3, -0.25) is 0 Å². The van der Waals surface area contributed by atoms with Crippen molar-refractivity contribution in [3.8, 4) is 11.5 Å². The number of phenols is 2. The Labute approximate surface area is 132 Å². The summed E-state index contributed by atoms with van der Waals surface area (Å²) in [4.78, 5) is 23.6. The Bertz CT molecular complexity index is 675. The number of aromatic hydroxyl groups is 2. The molecule has 120 valence electrons. The zero-order valence-corrected chi connectivity index (χ0v) is 12.4. The highest BCUT2D eigenvalue weighted by atomic mass is 16.6. The van der Waals surface area contributed by atoms with E-state index in [0.717, 1.165) is 0 Å². The van der Waals surface area contributed by atoms with Gasteiger partial charge >= 0.3 is 11.9 Å².